The molecule has 2 rings (SSSR count). The molecule has 0 bridgehead atoms. The Labute approximate surface area is 141 Å². The van der Waals surface area contributed by atoms with Crippen LogP contribution in [0.2, 0.25) is 5.02 Å². The lowest BCUT2D eigenvalue weighted by molar-refractivity contribution is 0.0286. The number of carbonyl (C=O) groups excluding carboxylic acids is 1. The molecule has 0 spiro atoms. The normalized spacial score (nSPS) is 19.7. The zero-order chi connectivity index (χ0) is 17.2. The second-order valence-electron chi connectivity index (χ2n) is 7.09. The molecule has 0 saturated carbocycles. The van der Waals surface area contributed by atoms with Crippen LogP contribution in [0.25, 0.3) is 0 Å². The molecular weight excluding hydrogens is 319 g/mol. The van der Waals surface area contributed by atoms with Gasteiger partial charge in [-0.3, -0.25) is 0 Å². The molecule has 1 heterocycles. The minimum atomic E-state index is -0.498. The average molecular weight is 343 g/mol. The Morgan fingerprint density at radius 1 is 1.52 bits per heavy atom. The minimum Gasteiger partial charge on any atom is -0.444 e. The number of benzene rings is 1. The smallest absolute Gasteiger partial charge is 0.410 e. The van der Waals surface area contributed by atoms with Crippen molar-refractivity contribution < 1.29 is 13.9 Å². The van der Waals surface area contributed by atoms with Gasteiger partial charge < -0.3 is 15.4 Å². The van der Waals surface area contributed by atoms with Crippen molar-refractivity contribution >= 4 is 17.7 Å². The Kier molecular flexibility index (Phi) is 5.53. The molecule has 4 nitrogen and oxygen atoms in total. The molecule has 6 heteroatoms. The fourth-order valence-electron chi connectivity index (χ4n) is 2.73. The van der Waals surface area contributed by atoms with E-state index in [1.54, 1.807) is 17.0 Å². The van der Waals surface area contributed by atoms with E-state index in [0.29, 0.717) is 19.5 Å². The fourth-order valence-corrected chi connectivity index (χ4v) is 2.94. The van der Waals surface area contributed by atoms with Gasteiger partial charge in [-0.1, -0.05) is 17.7 Å². The molecule has 2 unspecified atom stereocenters. The number of nitrogens with two attached hydrogens (primary N) is 1. The van der Waals surface area contributed by atoms with Crippen LogP contribution in [0.5, 0.6) is 0 Å². The van der Waals surface area contributed by atoms with Crippen molar-refractivity contribution in [2.75, 3.05) is 13.1 Å². The average Bonchev–Trinajstić information content (AvgIpc) is 2.91. The van der Waals surface area contributed by atoms with Crippen LogP contribution in [0.3, 0.4) is 0 Å². The highest BCUT2D eigenvalue weighted by atomic mass is 35.5. The first-order chi connectivity index (χ1) is 10.7. The third kappa shape index (κ3) is 5.08. The monoisotopic (exact) mass is 342 g/mol. The molecular formula is C17H24ClFN2O2. The van der Waals surface area contributed by atoms with Gasteiger partial charge in [-0.25, -0.2) is 9.18 Å². The Morgan fingerprint density at radius 2 is 2.22 bits per heavy atom. The summed E-state index contributed by atoms with van der Waals surface area (Å²) in [7, 11) is 0. The van der Waals surface area contributed by atoms with E-state index in [1.165, 1.54) is 6.07 Å². The maximum Gasteiger partial charge on any atom is 0.410 e. The first-order valence-corrected chi connectivity index (χ1v) is 8.21. The molecule has 128 valence electrons. The summed E-state index contributed by atoms with van der Waals surface area (Å²) in [6.45, 7) is 6.79. The standard InChI is InChI=1S/C17H24ClFN2O2/c1-17(2,3)23-16(22)21-7-6-12(10-21)15(20)9-11-4-5-14(19)13(18)8-11/h4-5,8,12,15H,6-7,9-10,20H2,1-3H3. The highest BCUT2D eigenvalue weighted by Crippen LogP contribution is 2.24. The van der Waals surface area contributed by atoms with E-state index in [4.69, 9.17) is 22.1 Å². The second kappa shape index (κ2) is 7.05. The highest BCUT2D eigenvalue weighted by Gasteiger charge is 2.32. The SMILES string of the molecule is CC(C)(C)OC(=O)N1CCC(C(N)Cc2ccc(F)c(Cl)c2)C1. The van der Waals surface area contributed by atoms with Gasteiger partial charge in [-0.15, -0.1) is 0 Å². The van der Waals surface area contributed by atoms with Gasteiger partial charge in [0.1, 0.15) is 11.4 Å². The third-order valence-corrected chi connectivity index (χ3v) is 4.23. The third-order valence-electron chi connectivity index (χ3n) is 3.94. The van der Waals surface area contributed by atoms with Crippen LogP contribution in [-0.2, 0) is 11.2 Å². The summed E-state index contributed by atoms with van der Waals surface area (Å²) in [6, 6.07) is 4.55. The molecule has 0 aromatic heterocycles. The molecule has 1 amide bonds. The zero-order valence-corrected chi connectivity index (χ0v) is 14.6. The number of carbonyl (C=O) groups is 1. The van der Waals surface area contributed by atoms with Crippen LogP contribution in [0.4, 0.5) is 9.18 Å². The van der Waals surface area contributed by atoms with Gasteiger partial charge in [-0.05, 0) is 57.2 Å². The van der Waals surface area contributed by atoms with Gasteiger partial charge in [0.2, 0.25) is 0 Å². The molecule has 1 aliphatic rings. The maximum atomic E-state index is 13.2. The first kappa shape index (κ1) is 18.0. The Hall–Kier alpha value is -1.33. The molecule has 0 radical (unpaired) electrons. The number of likely N-dealkylation sites (tertiary alicyclic amines) is 1. The van der Waals surface area contributed by atoms with E-state index in [9.17, 15) is 9.18 Å². The predicted molar refractivity (Wildman–Crippen MR) is 89.0 cm³/mol. The quantitative estimate of drug-likeness (QED) is 0.913. The fraction of sp³-hybridized carbons (Fsp3) is 0.588. The van der Waals surface area contributed by atoms with Gasteiger partial charge in [0.25, 0.3) is 0 Å². The number of ether oxygens (including phenoxy) is 1. The number of amides is 1. The van der Waals surface area contributed by atoms with E-state index in [2.05, 4.69) is 0 Å². The molecule has 0 aliphatic carbocycles. The summed E-state index contributed by atoms with van der Waals surface area (Å²) in [6.07, 6.45) is 1.15. The molecule has 2 atom stereocenters. The van der Waals surface area contributed by atoms with Gasteiger partial charge >= 0.3 is 6.09 Å². The van der Waals surface area contributed by atoms with Crippen molar-refractivity contribution in [1.29, 1.82) is 0 Å². The van der Waals surface area contributed by atoms with Crippen molar-refractivity contribution in [2.24, 2.45) is 11.7 Å². The highest BCUT2D eigenvalue weighted by molar-refractivity contribution is 6.30. The van der Waals surface area contributed by atoms with Gasteiger partial charge in [-0.2, -0.15) is 0 Å². The van der Waals surface area contributed by atoms with Gasteiger partial charge in [0.05, 0.1) is 5.02 Å². The van der Waals surface area contributed by atoms with E-state index in [1.807, 2.05) is 20.8 Å². The summed E-state index contributed by atoms with van der Waals surface area (Å²) in [5.41, 5.74) is 6.68. The van der Waals surface area contributed by atoms with Crippen LogP contribution in [-0.4, -0.2) is 35.7 Å². The number of hydrogen-bond acceptors (Lipinski definition) is 3. The zero-order valence-electron chi connectivity index (χ0n) is 13.8. The molecule has 23 heavy (non-hydrogen) atoms. The Morgan fingerprint density at radius 3 is 2.83 bits per heavy atom. The topological polar surface area (TPSA) is 55.6 Å². The van der Waals surface area contributed by atoms with Crippen LogP contribution in [0, 0.1) is 11.7 Å². The number of halogens is 2. The number of nitrogens with zero attached hydrogens (tertiary/aromatic N) is 1. The molecule has 1 aromatic rings. The lowest BCUT2D eigenvalue weighted by Gasteiger charge is -2.25. The summed E-state index contributed by atoms with van der Waals surface area (Å²) in [4.78, 5) is 13.8. The summed E-state index contributed by atoms with van der Waals surface area (Å²) in [5, 5.41) is 0.108. The van der Waals surface area contributed by atoms with E-state index in [-0.39, 0.29) is 23.1 Å². The largest absolute Gasteiger partial charge is 0.444 e. The number of rotatable bonds is 3. The minimum absolute atomic E-state index is 0.107. The van der Waals surface area contributed by atoms with Crippen LogP contribution >= 0.6 is 11.6 Å². The molecule has 1 aromatic carbocycles. The summed E-state index contributed by atoms with van der Waals surface area (Å²) >= 11 is 5.80. The van der Waals surface area contributed by atoms with Gasteiger partial charge in [0, 0.05) is 19.1 Å². The molecule has 1 saturated heterocycles. The van der Waals surface area contributed by atoms with E-state index < -0.39 is 11.4 Å². The number of hydrogen-bond donors (Lipinski definition) is 1. The van der Waals surface area contributed by atoms with Gasteiger partial charge in [0.15, 0.2) is 0 Å². The van der Waals surface area contributed by atoms with Crippen molar-refractivity contribution in [3.63, 3.8) is 0 Å². The van der Waals surface area contributed by atoms with Crippen molar-refractivity contribution in [2.45, 2.75) is 45.3 Å². The Bertz CT molecular complexity index is 574. The molecule has 1 fully saturated rings. The van der Waals surface area contributed by atoms with Crippen molar-refractivity contribution in [3.8, 4) is 0 Å². The first-order valence-electron chi connectivity index (χ1n) is 7.83. The van der Waals surface area contributed by atoms with E-state index >= 15 is 0 Å². The predicted octanol–water partition coefficient (Wildman–Crippen LogP) is 3.61. The summed E-state index contributed by atoms with van der Waals surface area (Å²) in [5.74, 6) is -0.229. The Balaban J connectivity index is 1.90. The van der Waals surface area contributed by atoms with Crippen molar-refractivity contribution in [3.05, 3.63) is 34.6 Å². The summed E-state index contributed by atoms with van der Waals surface area (Å²) < 4.78 is 18.6. The van der Waals surface area contributed by atoms with E-state index in [0.717, 1.165) is 12.0 Å². The lowest BCUT2D eigenvalue weighted by Crippen LogP contribution is -2.38. The van der Waals surface area contributed by atoms with Crippen LogP contribution < -0.4 is 5.73 Å². The van der Waals surface area contributed by atoms with Crippen molar-refractivity contribution in [1.82, 2.24) is 4.90 Å². The molecule has 2 N–H and O–H groups in total. The maximum absolute atomic E-state index is 13.2. The molecule has 1 aliphatic heterocycles. The van der Waals surface area contributed by atoms with Crippen LogP contribution in [0.1, 0.15) is 32.8 Å². The lowest BCUT2D eigenvalue weighted by atomic mass is 9.93. The second-order valence-corrected chi connectivity index (χ2v) is 7.50. The van der Waals surface area contributed by atoms with Crippen LogP contribution in [0.15, 0.2) is 18.2 Å².